The Labute approximate surface area is 243 Å². The van der Waals surface area contributed by atoms with E-state index in [9.17, 15) is 39.9 Å². The van der Waals surface area contributed by atoms with Crippen molar-refractivity contribution in [2.24, 2.45) is 17.6 Å². The molecule has 0 radical (unpaired) electrons. The number of nitrogens with two attached hydrogens (primary N) is 1. The minimum Gasteiger partial charge on any atom is -0.508 e. The molecule has 0 spiro atoms. The molecule has 0 bridgehead atoms. The number of rotatable bonds is 3. The molecular formula is C31H37N3O8. The van der Waals surface area contributed by atoms with Crippen molar-refractivity contribution in [3.63, 3.8) is 0 Å². The average Bonchev–Trinajstić information content (AvgIpc) is 2.90. The van der Waals surface area contributed by atoms with Crippen LogP contribution in [0.15, 0.2) is 23.0 Å². The van der Waals surface area contributed by atoms with Gasteiger partial charge in [-0.15, -0.1) is 0 Å². The molecule has 224 valence electrons. The lowest BCUT2D eigenvalue weighted by atomic mass is 9.57. The number of aliphatic hydroxyl groups is 4. The maximum absolute atomic E-state index is 14.1. The predicted octanol–water partition coefficient (Wildman–Crippen LogP) is 1.08. The molecule has 0 heterocycles. The molecule has 11 heteroatoms. The van der Waals surface area contributed by atoms with E-state index in [0.717, 1.165) is 19.3 Å². The summed E-state index contributed by atoms with van der Waals surface area (Å²) in [6.07, 6.45) is 3.89. The third-order valence-electron chi connectivity index (χ3n) is 9.29. The molecule has 1 aromatic rings. The van der Waals surface area contributed by atoms with Crippen LogP contribution in [0.1, 0.15) is 55.2 Å². The second-order valence-electron chi connectivity index (χ2n) is 12.3. The van der Waals surface area contributed by atoms with Gasteiger partial charge in [-0.3, -0.25) is 19.3 Å². The number of anilines is 1. The summed E-state index contributed by atoms with van der Waals surface area (Å²) in [5.74, 6) is -1.27. The van der Waals surface area contributed by atoms with Gasteiger partial charge in [-0.2, -0.15) is 0 Å². The third kappa shape index (κ3) is 4.28. The lowest BCUT2D eigenvalue weighted by Gasteiger charge is -2.50. The maximum atomic E-state index is 14.1. The number of aliphatic hydroxyl groups excluding tert-OH is 2. The molecule has 0 aliphatic heterocycles. The standard InChI is InChI=1S/C31H37N3O8/c1-33(2)19-14-15(8-11-30(41)9-6-5-7-10-30)24(35)21-17(19)12-16-13-18-23(34(3)4)26(37)22(29(32)40)28(39)31(18,42)27(38)20(16)25(21)36/h14,16,18,23,35-36,39,41-42H,5-7,9-10,12-13H2,1-4H3,(H2,32,40)/t16?,18?,23-,31-/m0/s1. The van der Waals surface area contributed by atoms with Crippen LogP contribution in [0.4, 0.5) is 5.69 Å². The zero-order chi connectivity index (χ0) is 30.9. The van der Waals surface area contributed by atoms with E-state index in [-0.39, 0.29) is 35.3 Å². The molecule has 4 atom stereocenters. The molecule has 11 nitrogen and oxygen atoms in total. The van der Waals surface area contributed by atoms with E-state index in [1.807, 2.05) is 0 Å². The first-order chi connectivity index (χ1) is 19.6. The van der Waals surface area contributed by atoms with Gasteiger partial charge in [0.15, 0.2) is 11.4 Å². The van der Waals surface area contributed by atoms with Gasteiger partial charge in [0.25, 0.3) is 5.91 Å². The fourth-order valence-electron chi connectivity index (χ4n) is 7.23. The number of carbonyl (C=O) groups excluding carboxylic acids is 3. The molecule has 5 rings (SSSR count). The fraction of sp³-hybridized carbons (Fsp3) is 0.516. The fourth-order valence-corrected chi connectivity index (χ4v) is 7.23. The van der Waals surface area contributed by atoms with Crippen LogP contribution in [0, 0.1) is 23.7 Å². The third-order valence-corrected chi connectivity index (χ3v) is 9.29. The molecule has 4 aliphatic rings. The zero-order valence-electron chi connectivity index (χ0n) is 24.2. The highest BCUT2D eigenvalue weighted by Gasteiger charge is 2.64. The Morgan fingerprint density at radius 3 is 2.26 bits per heavy atom. The normalized spacial score (nSPS) is 28.5. The van der Waals surface area contributed by atoms with Crippen LogP contribution in [0.5, 0.6) is 5.75 Å². The van der Waals surface area contributed by atoms with Gasteiger partial charge < -0.3 is 36.2 Å². The minimum atomic E-state index is -2.70. The Morgan fingerprint density at radius 2 is 1.69 bits per heavy atom. The van der Waals surface area contributed by atoms with Gasteiger partial charge in [0.2, 0.25) is 5.78 Å². The van der Waals surface area contributed by atoms with E-state index in [0.29, 0.717) is 24.1 Å². The number of hydrogen-bond acceptors (Lipinski definition) is 10. The number of phenolic OH excluding ortho intramolecular Hbond substituents is 1. The number of phenols is 1. The first kappa shape index (κ1) is 29.6. The van der Waals surface area contributed by atoms with Gasteiger partial charge in [-0.25, -0.2) is 0 Å². The molecule has 4 aliphatic carbocycles. The number of nitrogens with zero attached hydrogens (tertiary/aromatic N) is 2. The van der Waals surface area contributed by atoms with Gasteiger partial charge in [-0.1, -0.05) is 18.3 Å². The van der Waals surface area contributed by atoms with Crippen LogP contribution in [0.2, 0.25) is 0 Å². The Kier molecular flexibility index (Phi) is 7.16. The first-order valence-corrected chi connectivity index (χ1v) is 14.1. The summed E-state index contributed by atoms with van der Waals surface area (Å²) in [4.78, 5) is 42.8. The zero-order valence-corrected chi connectivity index (χ0v) is 24.2. The Morgan fingerprint density at radius 1 is 1.05 bits per heavy atom. The highest BCUT2D eigenvalue weighted by atomic mass is 16.3. The van der Waals surface area contributed by atoms with E-state index in [4.69, 9.17) is 5.73 Å². The van der Waals surface area contributed by atoms with Crippen molar-refractivity contribution < 1.29 is 39.9 Å². The number of primary amides is 1. The van der Waals surface area contributed by atoms with Crippen molar-refractivity contribution in [3.05, 3.63) is 39.7 Å². The van der Waals surface area contributed by atoms with Crippen LogP contribution >= 0.6 is 0 Å². The lowest BCUT2D eigenvalue weighted by molar-refractivity contribution is -0.153. The van der Waals surface area contributed by atoms with Crippen molar-refractivity contribution in [2.75, 3.05) is 33.1 Å². The van der Waals surface area contributed by atoms with Crippen LogP contribution in [0.3, 0.4) is 0 Å². The van der Waals surface area contributed by atoms with Crippen LogP contribution in [-0.4, -0.2) is 93.3 Å². The number of carbonyl (C=O) groups is 3. The summed E-state index contributed by atoms with van der Waals surface area (Å²) in [6.45, 7) is 0. The smallest absolute Gasteiger partial charge is 0.255 e. The van der Waals surface area contributed by atoms with E-state index in [2.05, 4.69) is 11.8 Å². The largest absolute Gasteiger partial charge is 0.508 e. The highest BCUT2D eigenvalue weighted by molar-refractivity contribution is 6.24. The SMILES string of the molecule is CN(C)c1cc(C#CC2(O)CCCCC2)c(O)c2c1CC1CC3[C@H](N(C)C)C(=O)C(C(N)=O)=C(O)[C@@]3(O)C(=O)C1=C2O. The molecule has 0 saturated heterocycles. The summed E-state index contributed by atoms with van der Waals surface area (Å²) in [6, 6.07) is 0.528. The van der Waals surface area contributed by atoms with Gasteiger partial charge >= 0.3 is 0 Å². The number of Topliss-reactive ketones (excluding diaryl/α,β-unsaturated/α-hetero) is 2. The summed E-state index contributed by atoms with van der Waals surface area (Å²) >= 11 is 0. The minimum absolute atomic E-state index is 0.00792. The molecule has 2 unspecified atom stereocenters. The first-order valence-electron chi connectivity index (χ1n) is 14.1. The predicted molar refractivity (Wildman–Crippen MR) is 153 cm³/mol. The Bertz CT molecular complexity index is 1520. The number of fused-ring (bicyclic) bond motifs is 3. The molecule has 2 saturated carbocycles. The molecule has 1 amide bonds. The van der Waals surface area contributed by atoms with E-state index in [1.54, 1.807) is 39.2 Å². The molecule has 42 heavy (non-hydrogen) atoms. The molecule has 0 aromatic heterocycles. The number of aromatic hydroxyl groups is 1. The summed E-state index contributed by atoms with van der Waals surface area (Å²) in [7, 11) is 6.69. The Balaban J connectivity index is 1.71. The molecule has 7 N–H and O–H groups in total. The summed E-state index contributed by atoms with van der Waals surface area (Å²) in [5, 5.41) is 56.7. The van der Waals surface area contributed by atoms with Crippen molar-refractivity contribution in [1.29, 1.82) is 0 Å². The quantitative estimate of drug-likeness (QED) is 0.224. The van der Waals surface area contributed by atoms with Crippen molar-refractivity contribution in [3.8, 4) is 17.6 Å². The number of benzene rings is 1. The maximum Gasteiger partial charge on any atom is 0.255 e. The van der Waals surface area contributed by atoms with Crippen molar-refractivity contribution >= 4 is 28.9 Å². The number of ketones is 2. The molecular weight excluding hydrogens is 542 g/mol. The van der Waals surface area contributed by atoms with Crippen LogP contribution < -0.4 is 10.6 Å². The topological polar surface area (TPSA) is 185 Å². The second kappa shape index (κ2) is 10.2. The number of hydrogen-bond donors (Lipinski definition) is 6. The second-order valence-corrected chi connectivity index (χ2v) is 12.3. The molecule has 2 fully saturated rings. The monoisotopic (exact) mass is 579 g/mol. The van der Waals surface area contributed by atoms with E-state index in [1.165, 1.54) is 4.90 Å². The summed E-state index contributed by atoms with van der Waals surface area (Å²) in [5.41, 5.74) is 1.71. The highest BCUT2D eigenvalue weighted by Crippen LogP contribution is 2.54. The molecule has 1 aromatic carbocycles. The summed E-state index contributed by atoms with van der Waals surface area (Å²) < 4.78 is 0. The lowest BCUT2D eigenvalue weighted by Crippen LogP contribution is -2.65. The van der Waals surface area contributed by atoms with E-state index < -0.39 is 63.6 Å². The van der Waals surface area contributed by atoms with E-state index >= 15 is 0 Å². The van der Waals surface area contributed by atoms with Gasteiger partial charge in [-0.05, 0) is 70.2 Å². The van der Waals surface area contributed by atoms with Crippen LogP contribution in [-0.2, 0) is 20.8 Å². The van der Waals surface area contributed by atoms with Gasteiger partial charge in [0, 0.05) is 31.3 Å². The van der Waals surface area contributed by atoms with Gasteiger partial charge in [0.05, 0.1) is 17.2 Å². The van der Waals surface area contributed by atoms with Gasteiger partial charge in [0.1, 0.15) is 28.4 Å². The number of amides is 1. The van der Waals surface area contributed by atoms with Crippen molar-refractivity contribution in [1.82, 2.24) is 4.90 Å². The van der Waals surface area contributed by atoms with Crippen molar-refractivity contribution in [2.45, 2.75) is 62.2 Å². The number of likely N-dealkylation sites (N-methyl/N-ethyl adjacent to an activating group) is 1. The average molecular weight is 580 g/mol. The Hall–Kier alpha value is -3.85. The van der Waals surface area contributed by atoms with Crippen LogP contribution in [0.25, 0.3) is 5.76 Å².